The molecule has 0 spiro atoms. The molecule has 0 radical (unpaired) electrons. The summed E-state index contributed by atoms with van der Waals surface area (Å²) in [6.45, 7) is -0.228. The summed E-state index contributed by atoms with van der Waals surface area (Å²) in [4.78, 5) is 8.13. The molecular weight excluding hydrogens is 382 g/mol. The number of hydrogen-bond acceptors (Lipinski definition) is 8. The highest BCUT2D eigenvalue weighted by Crippen LogP contribution is 2.31. The molecule has 2 aromatic rings. The van der Waals surface area contributed by atoms with Gasteiger partial charge in [0.05, 0.1) is 29.3 Å². The third kappa shape index (κ3) is 4.24. The lowest BCUT2D eigenvalue weighted by atomic mass is 10.1. The van der Waals surface area contributed by atoms with E-state index in [-0.39, 0.29) is 17.7 Å². The lowest BCUT2D eigenvalue weighted by Gasteiger charge is -2.20. The van der Waals surface area contributed by atoms with E-state index in [1.807, 2.05) is 0 Å². The SMILES string of the molecule is N#Cc1ccc(/C=C/c2c(Cl)nc(N)nc2N[C@@H]2C[C@H](CO)[C@@H](O)[C@H]2O)cc1. The van der Waals surface area contributed by atoms with Gasteiger partial charge in [0.25, 0.3) is 0 Å². The lowest BCUT2D eigenvalue weighted by Crippen LogP contribution is -2.35. The Bertz CT molecular complexity index is 913. The first-order valence-corrected chi connectivity index (χ1v) is 9.05. The highest BCUT2D eigenvalue weighted by Gasteiger charge is 2.41. The predicted octanol–water partition coefficient (Wildman–Crippen LogP) is 1.27. The molecule has 0 saturated heterocycles. The molecule has 1 fully saturated rings. The van der Waals surface area contributed by atoms with Gasteiger partial charge in [-0.2, -0.15) is 10.2 Å². The molecule has 146 valence electrons. The van der Waals surface area contributed by atoms with Crippen LogP contribution in [0, 0.1) is 17.2 Å². The average Bonchev–Trinajstić information content (AvgIpc) is 2.95. The summed E-state index contributed by atoms with van der Waals surface area (Å²) in [5.74, 6) is -0.146. The minimum atomic E-state index is -1.07. The van der Waals surface area contributed by atoms with E-state index in [2.05, 4.69) is 21.4 Å². The molecule has 8 nitrogen and oxygen atoms in total. The zero-order valence-corrected chi connectivity index (χ0v) is 15.6. The summed E-state index contributed by atoms with van der Waals surface area (Å²) < 4.78 is 0. The first-order valence-electron chi connectivity index (χ1n) is 8.67. The molecule has 0 unspecified atom stereocenters. The number of aliphatic hydroxyl groups excluding tert-OH is 3. The van der Waals surface area contributed by atoms with Gasteiger partial charge in [0.15, 0.2) is 0 Å². The van der Waals surface area contributed by atoms with Gasteiger partial charge in [0, 0.05) is 12.5 Å². The van der Waals surface area contributed by atoms with Gasteiger partial charge >= 0.3 is 0 Å². The van der Waals surface area contributed by atoms with Crippen molar-refractivity contribution >= 4 is 35.5 Å². The van der Waals surface area contributed by atoms with Crippen LogP contribution in [-0.2, 0) is 0 Å². The van der Waals surface area contributed by atoms with Gasteiger partial charge in [-0.15, -0.1) is 0 Å². The molecule has 1 aromatic carbocycles. The third-order valence-corrected chi connectivity index (χ3v) is 5.05. The first-order chi connectivity index (χ1) is 13.4. The molecule has 1 saturated carbocycles. The van der Waals surface area contributed by atoms with Crippen molar-refractivity contribution in [2.45, 2.75) is 24.7 Å². The second kappa shape index (κ2) is 8.54. The summed E-state index contributed by atoms with van der Waals surface area (Å²) in [5, 5.41) is 41.6. The van der Waals surface area contributed by atoms with Crippen LogP contribution in [0.3, 0.4) is 0 Å². The van der Waals surface area contributed by atoms with Crippen molar-refractivity contribution in [1.29, 1.82) is 5.26 Å². The lowest BCUT2D eigenvalue weighted by molar-refractivity contribution is 0.00445. The summed E-state index contributed by atoms with van der Waals surface area (Å²) in [5.41, 5.74) is 7.57. The molecule has 1 aliphatic carbocycles. The van der Waals surface area contributed by atoms with Crippen LogP contribution in [0.2, 0.25) is 5.15 Å². The maximum atomic E-state index is 10.2. The van der Waals surface area contributed by atoms with Crippen molar-refractivity contribution in [2.24, 2.45) is 5.92 Å². The van der Waals surface area contributed by atoms with Gasteiger partial charge in [-0.05, 0) is 30.2 Å². The number of anilines is 2. The molecular formula is C19H20ClN5O3. The number of hydrogen-bond donors (Lipinski definition) is 5. The Balaban J connectivity index is 1.87. The standard InChI is InChI=1S/C19H20ClN5O3/c20-17-13(6-5-10-1-3-11(8-21)4-2-10)18(25-19(22)24-17)23-14-7-12(9-26)15(27)16(14)28/h1-6,12,14-16,26-28H,7,9H2,(H3,22,23,24,25)/b6-5+/t12-,14-,15-,16+/m1/s1. The number of nitrogens with two attached hydrogens (primary N) is 1. The highest BCUT2D eigenvalue weighted by atomic mass is 35.5. The number of halogens is 1. The van der Waals surface area contributed by atoms with Crippen molar-refractivity contribution in [3.05, 3.63) is 46.1 Å². The predicted molar refractivity (Wildman–Crippen MR) is 106 cm³/mol. The molecule has 4 atom stereocenters. The van der Waals surface area contributed by atoms with Crippen LogP contribution in [0.4, 0.5) is 11.8 Å². The van der Waals surface area contributed by atoms with Crippen molar-refractivity contribution < 1.29 is 15.3 Å². The molecule has 28 heavy (non-hydrogen) atoms. The number of rotatable bonds is 5. The Kier molecular flexibility index (Phi) is 6.11. The number of nitrogens with zero attached hydrogens (tertiary/aromatic N) is 3. The molecule has 3 rings (SSSR count). The number of nitrogen functional groups attached to an aromatic ring is 1. The van der Waals surface area contributed by atoms with Crippen molar-refractivity contribution in [3.8, 4) is 6.07 Å². The van der Waals surface area contributed by atoms with Gasteiger partial charge in [-0.3, -0.25) is 0 Å². The van der Waals surface area contributed by atoms with E-state index in [0.717, 1.165) is 5.56 Å². The quantitative estimate of drug-likeness (QED) is 0.470. The van der Waals surface area contributed by atoms with Crippen LogP contribution in [0.5, 0.6) is 0 Å². The second-order valence-corrected chi connectivity index (χ2v) is 6.97. The number of benzene rings is 1. The number of aromatic nitrogens is 2. The summed E-state index contributed by atoms with van der Waals surface area (Å²) >= 11 is 6.24. The van der Waals surface area contributed by atoms with Crippen LogP contribution in [-0.4, -0.2) is 50.1 Å². The van der Waals surface area contributed by atoms with E-state index in [9.17, 15) is 15.3 Å². The Morgan fingerprint density at radius 2 is 1.93 bits per heavy atom. The maximum Gasteiger partial charge on any atom is 0.223 e. The fourth-order valence-corrected chi connectivity index (χ4v) is 3.43. The Labute approximate surface area is 166 Å². The number of aliphatic hydroxyl groups is 3. The van der Waals surface area contributed by atoms with E-state index in [0.29, 0.717) is 23.4 Å². The fourth-order valence-electron chi connectivity index (χ4n) is 3.19. The normalized spacial score (nSPS) is 24.4. The number of nitriles is 1. The van der Waals surface area contributed by atoms with Crippen LogP contribution < -0.4 is 11.1 Å². The maximum absolute atomic E-state index is 10.2. The van der Waals surface area contributed by atoms with E-state index in [1.54, 1.807) is 36.4 Å². The van der Waals surface area contributed by atoms with Crippen LogP contribution in [0.25, 0.3) is 12.2 Å². The van der Waals surface area contributed by atoms with Crippen LogP contribution in [0.1, 0.15) is 23.1 Å². The summed E-state index contributed by atoms with van der Waals surface area (Å²) in [7, 11) is 0. The van der Waals surface area contributed by atoms with Crippen LogP contribution in [0.15, 0.2) is 24.3 Å². The monoisotopic (exact) mass is 401 g/mol. The molecule has 1 aliphatic rings. The minimum Gasteiger partial charge on any atom is -0.396 e. The first kappa shape index (κ1) is 20.0. The van der Waals surface area contributed by atoms with E-state index < -0.39 is 24.2 Å². The fraction of sp³-hybridized carbons (Fsp3) is 0.316. The molecule has 0 aliphatic heterocycles. The molecule has 1 heterocycles. The van der Waals surface area contributed by atoms with Crippen molar-refractivity contribution in [2.75, 3.05) is 17.7 Å². The van der Waals surface area contributed by atoms with Gasteiger partial charge in [-0.25, -0.2) is 4.98 Å². The van der Waals surface area contributed by atoms with Crippen LogP contribution >= 0.6 is 11.6 Å². The van der Waals surface area contributed by atoms with Gasteiger partial charge < -0.3 is 26.4 Å². The van der Waals surface area contributed by atoms with E-state index >= 15 is 0 Å². The molecule has 0 amide bonds. The molecule has 0 bridgehead atoms. The van der Waals surface area contributed by atoms with Crippen molar-refractivity contribution in [3.63, 3.8) is 0 Å². The van der Waals surface area contributed by atoms with Gasteiger partial charge in [-0.1, -0.05) is 29.8 Å². The molecule has 6 N–H and O–H groups in total. The Morgan fingerprint density at radius 3 is 2.54 bits per heavy atom. The minimum absolute atomic E-state index is 0.0326. The third-order valence-electron chi connectivity index (χ3n) is 4.76. The van der Waals surface area contributed by atoms with E-state index in [1.165, 1.54) is 0 Å². The Hall–Kier alpha value is -2.70. The molecule has 1 aromatic heterocycles. The van der Waals surface area contributed by atoms with Gasteiger partial charge in [0.1, 0.15) is 17.1 Å². The largest absolute Gasteiger partial charge is 0.396 e. The average molecular weight is 402 g/mol. The summed E-state index contributed by atoms with van der Waals surface area (Å²) in [6.07, 6.45) is 1.74. The number of nitrogens with one attached hydrogen (secondary N) is 1. The smallest absolute Gasteiger partial charge is 0.223 e. The van der Waals surface area contributed by atoms with E-state index in [4.69, 9.17) is 22.6 Å². The highest BCUT2D eigenvalue weighted by molar-refractivity contribution is 6.31. The zero-order chi connectivity index (χ0) is 20.3. The summed E-state index contributed by atoms with van der Waals surface area (Å²) in [6, 6.07) is 8.51. The second-order valence-electron chi connectivity index (χ2n) is 6.61. The molecule has 9 heteroatoms. The van der Waals surface area contributed by atoms with Gasteiger partial charge in [0.2, 0.25) is 5.95 Å². The Morgan fingerprint density at radius 1 is 1.21 bits per heavy atom. The van der Waals surface area contributed by atoms with Crippen molar-refractivity contribution in [1.82, 2.24) is 9.97 Å². The topological polar surface area (TPSA) is 148 Å². The zero-order valence-electron chi connectivity index (χ0n) is 14.8.